The summed E-state index contributed by atoms with van der Waals surface area (Å²) in [7, 11) is -1.28. The van der Waals surface area contributed by atoms with E-state index in [9.17, 15) is 8.42 Å². The van der Waals surface area contributed by atoms with Gasteiger partial charge in [-0.1, -0.05) is 17.4 Å². The molecule has 0 amide bonds. The summed E-state index contributed by atoms with van der Waals surface area (Å²) in [6, 6.07) is 5.61. The third kappa shape index (κ3) is 3.68. The third-order valence-electron chi connectivity index (χ3n) is 5.07. The van der Waals surface area contributed by atoms with Crippen LogP contribution in [0.4, 0.5) is 11.1 Å². The second-order valence-corrected chi connectivity index (χ2v) is 10.3. The highest BCUT2D eigenvalue weighted by molar-refractivity contribution is 7.91. The van der Waals surface area contributed by atoms with Crippen molar-refractivity contribution in [1.29, 1.82) is 0 Å². The van der Waals surface area contributed by atoms with Gasteiger partial charge in [0, 0.05) is 44.8 Å². The van der Waals surface area contributed by atoms with Crippen molar-refractivity contribution in [3.05, 3.63) is 36.2 Å². The SMILES string of the molecule is Cc1cnc(N(C)C2CCCN(c3nc4c(S(C)(=O)=O)cccc4s3)C2)nc1. The first-order valence-electron chi connectivity index (χ1n) is 9.19. The van der Waals surface area contributed by atoms with Crippen molar-refractivity contribution < 1.29 is 8.42 Å². The van der Waals surface area contributed by atoms with E-state index < -0.39 is 9.84 Å². The fourth-order valence-corrected chi connectivity index (χ4v) is 5.45. The quantitative estimate of drug-likeness (QED) is 0.646. The highest BCUT2D eigenvalue weighted by atomic mass is 32.2. The zero-order valence-corrected chi connectivity index (χ0v) is 17.8. The van der Waals surface area contributed by atoms with Gasteiger partial charge in [-0.15, -0.1) is 0 Å². The Bertz CT molecular complexity index is 1100. The van der Waals surface area contributed by atoms with Gasteiger partial charge >= 0.3 is 0 Å². The minimum atomic E-state index is -3.31. The Morgan fingerprint density at radius 1 is 1.25 bits per heavy atom. The smallest absolute Gasteiger partial charge is 0.225 e. The first kappa shape index (κ1) is 19.1. The molecule has 1 fully saturated rings. The van der Waals surface area contributed by atoms with E-state index in [4.69, 9.17) is 4.98 Å². The summed E-state index contributed by atoms with van der Waals surface area (Å²) in [5.41, 5.74) is 1.61. The fraction of sp³-hybridized carbons (Fsp3) is 0.421. The lowest BCUT2D eigenvalue weighted by molar-refractivity contribution is 0.483. The van der Waals surface area contributed by atoms with Crippen LogP contribution < -0.4 is 9.80 Å². The maximum Gasteiger partial charge on any atom is 0.225 e. The van der Waals surface area contributed by atoms with Crippen LogP contribution in [0.1, 0.15) is 18.4 Å². The molecular weight excluding hydrogens is 394 g/mol. The van der Waals surface area contributed by atoms with E-state index in [-0.39, 0.29) is 6.04 Å². The molecule has 1 atom stereocenters. The first-order chi connectivity index (χ1) is 13.3. The number of thiazole rings is 1. The number of sulfone groups is 1. The zero-order chi connectivity index (χ0) is 19.9. The Morgan fingerprint density at radius 3 is 2.71 bits per heavy atom. The first-order valence-corrected chi connectivity index (χ1v) is 11.9. The Morgan fingerprint density at radius 2 is 2.00 bits per heavy atom. The van der Waals surface area contributed by atoms with E-state index >= 15 is 0 Å². The third-order valence-corrected chi connectivity index (χ3v) is 7.28. The molecule has 3 heterocycles. The Balaban J connectivity index is 1.60. The number of piperidine rings is 1. The normalized spacial score (nSPS) is 17.8. The summed E-state index contributed by atoms with van der Waals surface area (Å²) in [5.74, 6) is 0.723. The predicted molar refractivity (Wildman–Crippen MR) is 113 cm³/mol. The molecule has 0 radical (unpaired) electrons. The van der Waals surface area contributed by atoms with E-state index in [1.165, 1.54) is 6.26 Å². The van der Waals surface area contributed by atoms with Crippen LogP contribution in [0.3, 0.4) is 0 Å². The predicted octanol–water partition coefficient (Wildman–Crippen LogP) is 2.90. The molecule has 1 unspecified atom stereocenters. The molecule has 2 aromatic heterocycles. The van der Waals surface area contributed by atoms with Crippen molar-refractivity contribution in [1.82, 2.24) is 15.0 Å². The minimum Gasteiger partial charge on any atom is -0.346 e. The molecular formula is C19H23N5O2S2. The average molecular weight is 418 g/mol. The van der Waals surface area contributed by atoms with Crippen molar-refractivity contribution in [2.45, 2.75) is 30.7 Å². The van der Waals surface area contributed by atoms with Crippen LogP contribution in [0, 0.1) is 6.92 Å². The number of aryl methyl sites for hydroxylation is 1. The molecule has 9 heteroatoms. The lowest BCUT2D eigenvalue weighted by Gasteiger charge is -2.37. The summed E-state index contributed by atoms with van der Waals surface area (Å²) in [6.07, 6.45) is 6.99. The molecule has 1 saturated heterocycles. The highest BCUT2D eigenvalue weighted by Crippen LogP contribution is 2.34. The van der Waals surface area contributed by atoms with Crippen molar-refractivity contribution in [3.63, 3.8) is 0 Å². The van der Waals surface area contributed by atoms with Crippen LogP contribution in [0.25, 0.3) is 10.2 Å². The number of nitrogens with zero attached hydrogens (tertiary/aromatic N) is 5. The topological polar surface area (TPSA) is 79.3 Å². The van der Waals surface area contributed by atoms with Crippen molar-refractivity contribution in [3.8, 4) is 0 Å². The standard InChI is InChI=1S/C19H23N5O2S2/c1-13-10-20-18(21-11-13)23(2)14-6-5-9-24(12-14)19-22-17-15(27-19)7-4-8-16(17)28(3,25)26/h4,7-8,10-11,14H,5-6,9,12H2,1-3H3. The average Bonchev–Trinajstić information content (AvgIpc) is 3.11. The van der Waals surface area contributed by atoms with Crippen LogP contribution >= 0.6 is 11.3 Å². The number of likely N-dealkylation sites (N-methyl/N-ethyl adjacent to an activating group) is 1. The molecule has 1 aromatic carbocycles. The van der Waals surface area contributed by atoms with Gasteiger partial charge in [-0.2, -0.15) is 0 Å². The van der Waals surface area contributed by atoms with Crippen molar-refractivity contribution in [2.24, 2.45) is 0 Å². The molecule has 1 aliphatic heterocycles. The number of aromatic nitrogens is 3. The number of hydrogen-bond acceptors (Lipinski definition) is 8. The molecule has 0 N–H and O–H groups in total. The largest absolute Gasteiger partial charge is 0.346 e. The molecule has 0 saturated carbocycles. The molecule has 7 nitrogen and oxygen atoms in total. The van der Waals surface area contributed by atoms with E-state index in [1.54, 1.807) is 23.5 Å². The van der Waals surface area contributed by atoms with Gasteiger partial charge in [-0.25, -0.2) is 23.4 Å². The summed E-state index contributed by atoms with van der Waals surface area (Å²) in [5, 5.41) is 0.869. The van der Waals surface area contributed by atoms with Crippen LogP contribution in [0.15, 0.2) is 35.5 Å². The number of benzene rings is 1. The Hall–Kier alpha value is -2.26. The summed E-state index contributed by atoms with van der Waals surface area (Å²) in [4.78, 5) is 18.2. The Kier molecular flexibility index (Phi) is 4.96. The maximum atomic E-state index is 12.1. The van der Waals surface area contributed by atoms with Crippen molar-refractivity contribution in [2.75, 3.05) is 36.2 Å². The number of rotatable bonds is 4. The van der Waals surface area contributed by atoms with E-state index in [1.807, 2.05) is 32.4 Å². The molecule has 3 aromatic rings. The molecule has 1 aliphatic rings. The monoisotopic (exact) mass is 417 g/mol. The van der Waals surface area contributed by atoms with Crippen LogP contribution in [0.2, 0.25) is 0 Å². The highest BCUT2D eigenvalue weighted by Gasteiger charge is 2.27. The molecule has 0 bridgehead atoms. The van der Waals surface area contributed by atoms with Gasteiger partial charge in [0.25, 0.3) is 0 Å². The number of hydrogen-bond donors (Lipinski definition) is 0. The van der Waals surface area contributed by atoms with Crippen LogP contribution in [-0.4, -0.2) is 55.8 Å². The van der Waals surface area contributed by atoms with E-state index in [0.29, 0.717) is 10.4 Å². The van der Waals surface area contributed by atoms with Gasteiger partial charge < -0.3 is 9.80 Å². The van der Waals surface area contributed by atoms with Gasteiger partial charge in [-0.05, 0) is 37.5 Å². The number of anilines is 2. The summed E-state index contributed by atoms with van der Waals surface area (Å²) >= 11 is 1.55. The van der Waals surface area contributed by atoms with Crippen LogP contribution in [0.5, 0.6) is 0 Å². The van der Waals surface area contributed by atoms with Crippen LogP contribution in [-0.2, 0) is 9.84 Å². The van der Waals surface area contributed by atoms with Gasteiger partial charge in [-0.3, -0.25) is 0 Å². The molecule has 0 aliphatic carbocycles. The van der Waals surface area contributed by atoms with E-state index in [0.717, 1.165) is 47.3 Å². The fourth-order valence-electron chi connectivity index (χ4n) is 3.52. The lowest BCUT2D eigenvalue weighted by Crippen LogP contribution is -2.47. The molecule has 28 heavy (non-hydrogen) atoms. The maximum absolute atomic E-state index is 12.1. The second-order valence-electron chi connectivity index (χ2n) is 7.28. The zero-order valence-electron chi connectivity index (χ0n) is 16.2. The molecule has 0 spiro atoms. The summed E-state index contributed by atoms with van der Waals surface area (Å²) in [6.45, 7) is 3.69. The Labute approximate surface area is 169 Å². The van der Waals surface area contributed by atoms with E-state index in [2.05, 4.69) is 19.8 Å². The van der Waals surface area contributed by atoms with Crippen molar-refractivity contribution >= 4 is 42.5 Å². The second kappa shape index (κ2) is 7.29. The minimum absolute atomic E-state index is 0.276. The van der Waals surface area contributed by atoms with Gasteiger partial charge in [0.05, 0.1) is 9.60 Å². The van der Waals surface area contributed by atoms with Gasteiger partial charge in [0.2, 0.25) is 5.95 Å². The number of fused-ring (bicyclic) bond motifs is 1. The summed E-state index contributed by atoms with van der Waals surface area (Å²) < 4.78 is 25.1. The molecule has 148 valence electrons. The van der Waals surface area contributed by atoms with Gasteiger partial charge in [0.1, 0.15) is 5.52 Å². The lowest BCUT2D eigenvalue weighted by atomic mass is 10.1. The molecule has 4 rings (SSSR count). The van der Waals surface area contributed by atoms with Gasteiger partial charge in [0.15, 0.2) is 15.0 Å². The number of para-hydroxylation sites is 1.